The van der Waals surface area contributed by atoms with E-state index in [1.165, 1.54) is 19.3 Å². The van der Waals surface area contributed by atoms with E-state index in [0.717, 1.165) is 23.7 Å². The molecule has 3 aliphatic carbocycles. The van der Waals surface area contributed by atoms with Gasteiger partial charge in [0, 0.05) is 19.0 Å². The normalized spacial score (nSPS) is 48.6. The molecule has 4 aliphatic rings. The fourth-order valence-corrected chi connectivity index (χ4v) is 4.76. The zero-order valence-electron chi connectivity index (χ0n) is 10.5. The lowest BCUT2D eigenvalue weighted by molar-refractivity contribution is -0.129. The summed E-state index contributed by atoms with van der Waals surface area (Å²) in [6.07, 6.45) is 5.41. The summed E-state index contributed by atoms with van der Waals surface area (Å²) in [5.41, 5.74) is 0. The third kappa shape index (κ3) is 1.50. The van der Waals surface area contributed by atoms with Crippen molar-refractivity contribution >= 4 is 11.8 Å². The molecule has 1 aliphatic heterocycles. The van der Waals surface area contributed by atoms with E-state index in [1.807, 2.05) is 0 Å². The molecule has 18 heavy (non-hydrogen) atoms. The summed E-state index contributed by atoms with van der Waals surface area (Å²) < 4.78 is 0. The van der Waals surface area contributed by atoms with E-state index in [4.69, 9.17) is 0 Å². The van der Waals surface area contributed by atoms with Gasteiger partial charge >= 0.3 is 0 Å². The quantitative estimate of drug-likeness (QED) is 0.754. The second kappa shape index (κ2) is 3.72. The molecule has 4 nitrogen and oxygen atoms in total. The zero-order chi connectivity index (χ0) is 12.3. The molecule has 0 spiro atoms. The van der Waals surface area contributed by atoms with Gasteiger partial charge in [-0.15, -0.1) is 0 Å². The SMILES string of the molecule is O=C1CCC(C(=O)NC2C3C4CCC(C4)C23)CN1. The minimum atomic E-state index is 0.00156. The van der Waals surface area contributed by atoms with Gasteiger partial charge in [0.15, 0.2) is 0 Å². The van der Waals surface area contributed by atoms with Crippen LogP contribution in [0.5, 0.6) is 0 Å². The van der Waals surface area contributed by atoms with Gasteiger partial charge in [-0.1, -0.05) is 0 Å². The van der Waals surface area contributed by atoms with Crippen LogP contribution in [0.25, 0.3) is 0 Å². The third-order valence-electron chi connectivity index (χ3n) is 5.68. The summed E-state index contributed by atoms with van der Waals surface area (Å²) in [7, 11) is 0. The van der Waals surface area contributed by atoms with Gasteiger partial charge in [0.2, 0.25) is 11.8 Å². The average Bonchev–Trinajstić information content (AvgIpc) is 2.78. The molecule has 4 fully saturated rings. The van der Waals surface area contributed by atoms with Crippen molar-refractivity contribution in [2.24, 2.45) is 29.6 Å². The Morgan fingerprint density at radius 2 is 1.89 bits per heavy atom. The molecule has 2 amide bonds. The molecular formula is C14H20N2O2. The summed E-state index contributed by atoms with van der Waals surface area (Å²) in [6.45, 7) is 0.527. The lowest BCUT2D eigenvalue weighted by atomic mass is 9.98. The zero-order valence-corrected chi connectivity index (χ0v) is 10.5. The predicted octanol–water partition coefficient (Wildman–Crippen LogP) is 0.673. The first-order valence-electron chi connectivity index (χ1n) is 7.31. The Labute approximate surface area is 107 Å². The van der Waals surface area contributed by atoms with Crippen LogP contribution in [0.3, 0.4) is 0 Å². The van der Waals surface area contributed by atoms with Crippen LogP contribution in [0.4, 0.5) is 0 Å². The molecule has 0 aromatic rings. The van der Waals surface area contributed by atoms with Crippen molar-refractivity contribution < 1.29 is 9.59 Å². The Kier molecular flexibility index (Phi) is 2.24. The Morgan fingerprint density at radius 1 is 1.17 bits per heavy atom. The number of rotatable bonds is 2. The van der Waals surface area contributed by atoms with E-state index in [2.05, 4.69) is 10.6 Å². The second-order valence-electron chi connectivity index (χ2n) is 6.56. The number of hydrogen-bond acceptors (Lipinski definition) is 2. The first kappa shape index (κ1) is 10.8. The number of amides is 2. The summed E-state index contributed by atoms with van der Waals surface area (Å²) >= 11 is 0. The maximum atomic E-state index is 12.2. The summed E-state index contributed by atoms with van der Waals surface area (Å²) in [4.78, 5) is 23.2. The van der Waals surface area contributed by atoms with E-state index in [-0.39, 0.29) is 17.7 Å². The van der Waals surface area contributed by atoms with Crippen molar-refractivity contribution in [3.8, 4) is 0 Å². The van der Waals surface area contributed by atoms with Gasteiger partial charge in [0.1, 0.15) is 0 Å². The molecule has 2 N–H and O–H groups in total. The van der Waals surface area contributed by atoms with Crippen molar-refractivity contribution in [2.45, 2.75) is 38.1 Å². The highest BCUT2D eigenvalue weighted by atomic mass is 16.2. The fourth-order valence-electron chi connectivity index (χ4n) is 4.76. The predicted molar refractivity (Wildman–Crippen MR) is 65.5 cm³/mol. The summed E-state index contributed by atoms with van der Waals surface area (Å²) in [5.74, 6) is 3.65. The summed E-state index contributed by atoms with van der Waals surface area (Å²) in [6, 6.07) is 0.473. The van der Waals surface area contributed by atoms with Crippen LogP contribution in [0, 0.1) is 29.6 Å². The van der Waals surface area contributed by atoms with Crippen LogP contribution in [0.15, 0.2) is 0 Å². The van der Waals surface area contributed by atoms with Gasteiger partial charge in [-0.2, -0.15) is 0 Å². The Bertz CT molecular complexity index is 383. The monoisotopic (exact) mass is 248 g/mol. The molecule has 0 aromatic heterocycles. The number of fused-ring (bicyclic) bond motifs is 5. The van der Waals surface area contributed by atoms with Crippen LogP contribution in [0.2, 0.25) is 0 Å². The first-order chi connectivity index (χ1) is 8.74. The number of piperidine rings is 1. The smallest absolute Gasteiger partial charge is 0.225 e. The molecule has 2 bridgehead atoms. The van der Waals surface area contributed by atoms with Gasteiger partial charge in [-0.05, 0) is 49.4 Å². The topological polar surface area (TPSA) is 58.2 Å². The molecule has 4 rings (SSSR count). The number of nitrogens with one attached hydrogen (secondary N) is 2. The van der Waals surface area contributed by atoms with E-state index in [9.17, 15) is 9.59 Å². The van der Waals surface area contributed by atoms with E-state index in [1.54, 1.807) is 0 Å². The maximum absolute atomic E-state index is 12.2. The minimum Gasteiger partial charge on any atom is -0.355 e. The highest BCUT2D eigenvalue weighted by Gasteiger charge is 2.65. The molecule has 1 saturated heterocycles. The van der Waals surface area contributed by atoms with Gasteiger partial charge < -0.3 is 10.6 Å². The third-order valence-corrected chi connectivity index (χ3v) is 5.68. The Hall–Kier alpha value is -1.06. The molecule has 98 valence electrons. The fraction of sp³-hybridized carbons (Fsp3) is 0.857. The van der Waals surface area contributed by atoms with Crippen LogP contribution in [-0.4, -0.2) is 24.4 Å². The molecule has 5 atom stereocenters. The number of hydrogen-bond donors (Lipinski definition) is 2. The van der Waals surface area contributed by atoms with Crippen molar-refractivity contribution in [3.63, 3.8) is 0 Å². The highest BCUT2D eigenvalue weighted by molar-refractivity contribution is 5.84. The van der Waals surface area contributed by atoms with Crippen molar-refractivity contribution in [1.82, 2.24) is 10.6 Å². The van der Waals surface area contributed by atoms with Crippen LogP contribution < -0.4 is 10.6 Å². The number of carbonyl (C=O) groups is 2. The van der Waals surface area contributed by atoms with E-state index in [0.29, 0.717) is 25.4 Å². The first-order valence-corrected chi connectivity index (χ1v) is 7.31. The highest BCUT2D eigenvalue weighted by Crippen LogP contribution is 2.65. The lowest BCUT2D eigenvalue weighted by Gasteiger charge is -2.22. The average molecular weight is 248 g/mol. The van der Waals surface area contributed by atoms with Crippen LogP contribution in [-0.2, 0) is 9.59 Å². The molecule has 1 heterocycles. The van der Waals surface area contributed by atoms with Gasteiger partial charge in [0.05, 0.1) is 5.92 Å². The molecule has 3 saturated carbocycles. The van der Waals surface area contributed by atoms with Crippen molar-refractivity contribution in [2.75, 3.05) is 6.54 Å². The van der Waals surface area contributed by atoms with Crippen LogP contribution >= 0.6 is 0 Å². The largest absolute Gasteiger partial charge is 0.355 e. The van der Waals surface area contributed by atoms with Crippen molar-refractivity contribution in [3.05, 3.63) is 0 Å². The van der Waals surface area contributed by atoms with E-state index < -0.39 is 0 Å². The molecule has 5 unspecified atom stereocenters. The molecular weight excluding hydrogens is 228 g/mol. The lowest BCUT2D eigenvalue weighted by Crippen LogP contribution is -2.44. The van der Waals surface area contributed by atoms with Gasteiger partial charge in [-0.25, -0.2) is 0 Å². The standard InChI is InChI=1S/C14H20N2O2/c17-10-4-3-9(6-15-10)14(18)16-13-11-7-1-2-8(5-7)12(11)13/h7-9,11-13H,1-6H2,(H,15,17)(H,16,18). The minimum absolute atomic E-state index is 0.00156. The van der Waals surface area contributed by atoms with Crippen molar-refractivity contribution in [1.29, 1.82) is 0 Å². The Morgan fingerprint density at radius 3 is 2.50 bits per heavy atom. The van der Waals surface area contributed by atoms with Crippen LogP contribution in [0.1, 0.15) is 32.1 Å². The Balaban J connectivity index is 1.34. The van der Waals surface area contributed by atoms with E-state index >= 15 is 0 Å². The number of carbonyl (C=O) groups excluding carboxylic acids is 2. The second-order valence-corrected chi connectivity index (χ2v) is 6.56. The molecule has 0 aromatic carbocycles. The molecule has 0 radical (unpaired) electrons. The van der Waals surface area contributed by atoms with Gasteiger partial charge in [0.25, 0.3) is 0 Å². The maximum Gasteiger partial charge on any atom is 0.225 e. The van der Waals surface area contributed by atoms with Gasteiger partial charge in [-0.3, -0.25) is 9.59 Å². The molecule has 4 heteroatoms. The summed E-state index contributed by atoms with van der Waals surface area (Å²) in [5, 5.41) is 6.04.